The Morgan fingerprint density at radius 1 is 0.960 bits per heavy atom. The molecule has 1 aliphatic carbocycles. The molecule has 3 nitrogen and oxygen atoms in total. The van der Waals surface area contributed by atoms with Gasteiger partial charge in [0.25, 0.3) is 0 Å². The summed E-state index contributed by atoms with van der Waals surface area (Å²) in [7, 11) is 0. The van der Waals surface area contributed by atoms with Crippen molar-refractivity contribution in [2.24, 2.45) is 0 Å². The summed E-state index contributed by atoms with van der Waals surface area (Å²) in [5.74, 6) is 3.74. The van der Waals surface area contributed by atoms with Gasteiger partial charge in [0.15, 0.2) is 0 Å². The number of nitrogens with one attached hydrogen (secondary N) is 3. The Morgan fingerprint density at radius 2 is 1.36 bits per heavy atom. The van der Waals surface area contributed by atoms with Crippen LogP contribution in [0.2, 0.25) is 11.5 Å². The summed E-state index contributed by atoms with van der Waals surface area (Å²) < 4.78 is 29.6. The average Bonchev–Trinajstić information content (AvgIpc) is 3.04. The van der Waals surface area contributed by atoms with E-state index >= 15 is 3.50 Å². The van der Waals surface area contributed by atoms with E-state index in [4.69, 9.17) is 0 Å². The maximum absolute atomic E-state index is 15.2. The quantitative estimate of drug-likeness (QED) is 0.356. The van der Waals surface area contributed by atoms with E-state index < -0.39 is 34.9 Å². The van der Waals surface area contributed by atoms with Crippen molar-refractivity contribution in [1.29, 1.82) is 0 Å². The molecule has 3 atom stereocenters. The van der Waals surface area contributed by atoms with Gasteiger partial charge in [-0.2, -0.15) is 0 Å². The molecule has 0 aromatic heterocycles. The molecule has 0 aromatic carbocycles. The van der Waals surface area contributed by atoms with Gasteiger partial charge in [0.2, 0.25) is 0 Å². The minimum atomic E-state index is -3.40. The summed E-state index contributed by atoms with van der Waals surface area (Å²) >= 11 is -6.77. The topological polar surface area (TPSA) is 36.1 Å². The summed E-state index contributed by atoms with van der Waals surface area (Å²) in [6, 6.07) is 1.27. The third kappa shape index (κ3) is 6.67. The molecule has 0 bridgehead atoms. The van der Waals surface area contributed by atoms with Crippen molar-refractivity contribution in [2.75, 3.05) is 0 Å². The van der Waals surface area contributed by atoms with E-state index in [1.165, 1.54) is 3.28 Å². The van der Waals surface area contributed by atoms with Gasteiger partial charge in [-0.25, -0.2) is 0 Å². The first-order chi connectivity index (χ1) is 11.6. The zero-order valence-electron chi connectivity index (χ0n) is 17.6. The Balaban J connectivity index is 3.45. The van der Waals surface area contributed by atoms with Gasteiger partial charge in [0.1, 0.15) is 0 Å². The van der Waals surface area contributed by atoms with E-state index in [9.17, 15) is 0 Å². The van der Waals surface area contributed by atoms with Gasteiger partial charge in [-0.05, 0) is 0 Å². The van der Waals surface area contributed by atoms with E-state index in [1.54, 1.807) is 0 Å². The van der Waals surface area contributed by atoms with Crippen LogP contribution in [0, 0.1) is 0 Å². The minimum absolute atomic E-state index is 0.425. The molecule has 25 heavy (non-hydrogen) atoms. The molecule has 3 unspecified atom stereocenters. The van der Waals surface area contributed by atoms with Crippen molar-refractivity contribution in [1.82, 2.24) is 9.78 Å². The van der Waals surface area contributed by atoms with Crippen molar-refractivity contribution in [3.63, 3.8) is 0 Å². The Bertz CT molecular complexity index is 456. The van der Waals surface area contributed by atoms with Crippen LogP contribution < -0.4 is 9.78 Å². The fourth-order valence-corrected chi connectivity index (χ4v) is 23.2. The van der Waals surface area contributed by atoms with E-state index in [-0.39, 0.29) is 0 Å². The van der Waals surface area contributed by atoms with Crippen LogP contribution in [0.1, 0.15) is 67.2 Å². The molecule has 0 aromatic rings. The van der Waals surface area contributed by atoms with Gasteiger partial charge < -0.3 is 0 Å². The molecule has 146 valence electrons. The van der Waals surface area contributed by atoms with Gasteiger partial charge in [0, 0.05) is 0 Å². The van der Waals surface area contributed by atoms with Gasteiger partial charge in [-0.15, -0.1) is 0 Å². The van der Waals surface area contributed by atoms with E-state index in [2.05, 4.69) is 63.5 Å². The fourth-order valence-electron chi connectivity index (χ4n) is 3.22. The molecule has 0 radical (unpaired) electrons. The second kappa shape index (κ2) is 10.3. The van der Waals surface area contributed by atoms with Gasteiger partial charge in [-0.1, -0.05) is 0 Å². The average molecular weight is 493 g/mol. The second-order valence-corrected chi connectivity index (χ2v) is 22.7. The van der Waals surface area contributed by atoms with E-state index in [1.807, 2.05) is 11.5 Å². The van der Waals surface area contributed by atoms with E-state index in [0.29, 0.717) is 18.1 Å². The molecule has 3 N–H and O–H groups in total. The van der Waals surface area contributed by atoms with Crippen molar-refractivity contribution in [3.8, 4) is 0 Å². The standard InChI is InChI=1S/C7H10FGe.3C4H10N.Zr/c1-9(2,8)7-5-3-4-6-7;3*1-3-4(2)5;/h3,5H,4H2,1-2H3;3*4-5H,3H2,1-2H3;/q;3*-1;+3. The van der Waals surface area contributed by atoms with Crippen LogP contribution in [-0.2, 0) is 21.1 Å². The summed E-state index contributed by atoms with van der Waals surface area (Å²) in [6.45, 7) is 13.4. The summed E-state index contributed by atoms with van der Waals surface area (Å²) in [5.41, 5.74) is 0. The first kappa shape index (κ1) is 23.8. The van der Waals surface area contributed by atoms with Gasteiger partial charge in [-0.3, -0.25) is 0 Å². The van der Waals surface area contributed by atoms with Crippen LogP contribution in [0.3, 0.4) is 0 Å². The third-order valence-corrected chi connectivity index (χ3v) is 20.4. The molecule has 1 rings (SSSR count). The van der Waals surface area contributed by atoms with Crippen molar-refractivity contribution < 1.29 is 24.6 Å². The second-order valence-electron chi connectivity index (χ2n) is 8.08. The Labute approximate surface area is 164 Å². The number of allylic oxidation sites excluding steroid dienone is 4. The number of hydrogen-bond donors (Lipinski definition) is 3. The molecule has 1 aliphatic rings. The number of hydrogen-bond acceptors (Lipinski definition) is 3. The molecule has 0 saturated heterocycles. The third-order valence-electron chi connectivity index (χ3n) is 5.25. The molecular formula is C19H40FGeN3Zr. The molecular weight excluding hydrogens is 453 g/mol. The molecule has 0 fully saturated rings. The predicted molar refractivity (Wildman–Crippen MR) is 108 cm³/mol. The van der Waals surface area contributed by atoms with Crippen LogP contribution in [0.25, 0.3) is 0 Å². The van der Waals surface area contributed by atoms with Gasteiger partial charge >= 0.3 is 165 Å². The Kier molecular flexibility index (Phi) is 9.80. The normalized spacial score (nSPS) is 21.3. The molecule has 0 spiro atoms. The number of halogens is 1. The Morgan fingerprint density at radius 3 is 1.68 bits per heavy atom. The monoisotopic (exact) mass is 493 g/mol. The van der Waals surface area contributed by atoms with Crippen molar-refractivity contribution in [3.05, 3.63) is 19.8 Å². The first-order valence-corrected chi connectivity index (χ1v) is 21.0. The predicted octanol–water partition coefficient (Wildman–Crippen LogP) is 4.98. The molecule has 0 heterocycles. The molecule has 0 amide bonds. The zero-order chi connectivity index (χ0) is 19.3. The van der Waals surface area contributed by atoms with Crippen molar-refractivity contribution >= 4 is 13.7 Å². The molecule has 6 heteroatoms. The van der Waals surface area contributed by atoms with Gasteiger partial charge in [0.05, 0.1) is 0 Å². The summed E-state index contributed by atoms with van der Waals surface area (Å²) in [4.78, 5) is 0. The Hall–Kier alpha value is 0.716. The van der Waals surface area contributed by atoms with Crippen LogP contribution in [0.5, 0.6) is 0 Å². The summed E-state index contributed by atoms with van der Waals surface area (Å²) in [5, 5.41) is 0. The molecule has 0 saturated carbocycles. The van der Waals surface area contributed by atoms with Crippen LogP contribution >= 0.6 is 0 Å². The van der Waals surface area contributed by atoms with Crippen LogP contribution in [0.4, 0.5) is 3.50 Å². The summed E-state index contributed by atoms with van der Waals surface area (Å²) in [6.07, 6.45) is 8.42. The fraction of sp³-hybridized carbons (Fsp3) is 0.789. The number of rotatable bonds is 11. The maximum atomic E-state index is 15.2. The van der Waals surface area contributed by atoms with Crippen molar-refractivity contribution in [2.45, 2.75) is 96.9 Å². The molecule has 0 aliphatic heterocycles. The SMILES string of the molecule is CCC(C)[NH][Zr]([NH]C(C)CC)([NH]C(C)CC)[C]1=[C]([Ge]([CH3])([CH3])[F])C=CC1. The van der Waals surface area contributed by atoms with E-state index in [0.717, 1.165) is 30.1 Å². The first-order valence-electron chi connectivity index (χ1n) is 10.0. The van der Waals surface area contributed by atoms with Crippen LogP contribution in [-0.4, -0.2) is 31.9 Å². The zero-order valence-corrected chi connectivity index (χ0v) is 22.1. The van der Waals surface area contributed by atoms with Crippen LogP contribution in [0.15, 0.2) is 19.8 Å².